The van der Waals surface area contributed by atoms with Crippen LogP contribution in [0.4, 0.5) is 4.39 Å². The molecule has 0 saturated carbocycles. The van der Waals surface area contributed by atoms with Crippen molar-refractivity contribution in [3.63, 3.8) is 0 Å². The number of benzene rings is 1. The highest BCUT2D eigenvalue weighted by Gasteiger charge is 2.35. The number of nitrogens with zero attached hydrogens (tertiary/aromatic N) is 3. The Hall–Kier alpha value is -2.77. The van der Waals surface area contributed by atoms with E-state index < -0.39 is 6.04 Å². The van der Waals surface area contributed by atoms with Crippen LogP contribution in [-0.2, 0) is 20.9 Å². The van der Waals surface area contributed by atoms with E-state index in [2.05, 4.69) is 10.4 Å². The van der Waals surface area contributed by atoms with E-state index in [1.165, 1.54) is 22.0 Å². The molecule has 2 aliphatic heterocycles. The summed E-state index contributed by atoms with van der Waals surface area (Å²) in [5.41, 5.74) is 1.00. The molecule has 0 spiro atoms. The normalized spacial score (nSPS) is 20.7. The smallest absolute Gasteiger partial charge is 0.270 e. The van der Waals surface area contributed by atoms with Crippen LogP contribution in [0.25, 0.3) is 0 Å². The van der Waals surface area contributed by atoms with Gasteiger partial charge in [0.25, 0.3) is 5.91 Å². The van der Waals surface area contributed by atoms with Gasteiger partial charge in [-0.15, -0.1) is 0 Å². The van der Waals surface area contributed by atoms with Gasteiger partial charge in [0.2, 0.25) is 11.8 Å². The zero-order valence-corrected chi connectivity index (χ0v) is 14.6. The minimum absolute atomic E-state index is 0.164. The van der Waals surface area contributed by atoms with Crippen molar-refractivity contribution >= 4 is 23.4 Å². The second kappa shape index (κ2) is 7.63. The van der Waals surface area contributed by atoms with E-state index in [4.69, 9.17) is 0 Å². The van der Waals surface area contributed by atoms with E-state index in [9.17, 15) is 18.8 Å². The van der Waals surface area contributed by atoms with Gasteiger partial charge in [0.1, 0.15) is 17.6 Å². The number of hydrazone groups is 1. The molecule has 1 fully saturated rings. The summed E-state index contributed by atoms with van der Waals surface area (Å²) in [6.45, 7) is 2.86. The summed E-state index contributed by atoms with van der Waals surface area (Å²) in [7, 11) is 0. The molecule has 1 aromatic carbocycles. The summed E-state index contributed by atoms with van der Waals surface area (Å²) >= 11 is 0. The first-order valence-electron chi connectivity index (χ1n) is 8.70. The number of amides is 3. The van der Waals surface area contributed by atoms with Crippen molar-refractivity contribution in [3.05, 3.63) is 35.6 Å². The van der Waals surface area contributed by atoms with Crippen LogP contribution in [0, 0.1) is 5.82 Å². The van der Waals surface area contributed by atoms with E-state index in [-0.39, 0.29) is 48.6 Å². The summed E-state index contributed by atoms with van der Waals surface area (Å²) in [5, 5.41) is 8.23. The van der Waals surface area contributed by atoms with Gasteiger partial charge in [0, 0.05) is 25.9 Å². The fourth-order valence-corrected chi connectivity index (χ4v) is 3.17. The third-order valence-electron chi connectivity index (χ3n) is 4.58. The summed E-state index contributed by atoms with van der Waals surface area (Å²) in [5.74, 6) is -1.01. The lowest BCUT2D eigenvalue weighted by Gasteiger charge is -2.35. The standard InChI is InChI=1S/C18H21FN4O3/c1-2-15-17(25)20-9-10-22(15)18(26)14-7-8-16(24)23(21-14)11-12-3-5-13(19)6-4-12/h3-6,15H,2,7-11H2,1H3,(H,20,25). The molecule has 0 aromatic heterocycles. The van der Waals surface area contributed by atoms with E-state index >= 15 is 0 Å². The average molecular weight is 360 g/mol. The van der Waals surface area contributed by atoms with E-state index in [0.717, 1.165) is 5.56 Å². The molecule has 138 valence electrons. The Morgan fingerprint density at radius 2 is 2.00 bits per heavy atom. The van der Waals surface area contributed by atoms with Crippen molar-refractivity contribution < 1.29 is 18.8 Å². The number of halogens is 1. The Labute approximate surface area is 150 Å². The summed E-state index contributed by atoms with van der Waals surface area (Å²) < 4.78 is 13.0. The van der Waals surface area contributed by atoms with Crippen molar-refractivity contribution in [3.8, 4) is 0 Å². The maximum Gasteiger partial charge on any atom is 0.270 e. The summed E-state index contributed by atoms with van der Waals surface area (Å²) in [4.78, 5) is 38.5. The molecule has 0 aliphatic carbocycles. The Morgan fingerprint density at radius 3 is 2.69 bits per heavy atom. The van der Waals surface area contributed by atoms with Gasteiger partial charge in [-0.3, -0.25) is 14.4 Å². The summed E-state index contributed by atoms with van der Waals surface area (Å²) in [6, 6.07) is 5.28. The average Bonchev–Trinajstić information content (AvgIpc) is 2.64. The zero-order valence-electron chi connectivity index (χ0n) is 14.6. The molecule has 2 heterocycles. The van der Waals surface area contributed by atoms with Gasteiger partial charge in [-0.05, 0) is 24.1 Å². The highest BCUT2D eigenvalue weighted by Crippen LogP contribution is 2.17. The first-order chi connectivity index (χ1) is 12.5. The van der Waals surface area contributed by atoms with Crippen LogP contribution in [0.5, 0.6) is 0 Å². The Balaban J connectivity index is 1.78. The van der Waals surface area contributed by atoms with Crippen LogP contribution in [-0.4, -0.2) is 52.5 Å². The lowest BCUT2D eigenvalue weighted by Crippen LogP contribution is -2.58. The third-order valence-corrected chi connectivity index (χ3v) is 4.58. The first kappa shape index (κ1) is 18.0. The highest BCUT2D eigenvalue weighted by molar-refractivity contribution is 6.39. The van der Waals surface area contributed by atoms with Crippen LogP contribution in [0.3, 0.4) is 0 Å². The van der Waals surface area contributed by atoms with Gasteiger partial charge < -0.3 is 10.2 Å². The van der Waals surface area contributed by atoms with Crippen molar-refractivity contribution in [2.24, 2.45) is 5.10 Å². The Morgan fingerprint density at radius 1 is 1.27 bits per heavy atom. The molecule has 2 aliphatic rings. The predicted octanol–water partition coefficient (Wildman–Crippen LogP) is 1.04. The van der Waals surface area contributed by atoms with E-state index in [1.807, 2.05) is 6.92 Å². The quantitative estimate of drug-likeness (QED) is 0.871. The fourth-order valence-electron chi connectivity index (χ4n) is 3.17. The highest BCUT2D eigenvalue weighted by atomic mass is 19.1. The van der Waals surface area contributed by atoms with Crippen LogP contribution in [0.2, 0.25) is 0 Å². The number of nitrogens with one attached hydrogen (secondary N) is 1. The molecule has 1 atom stereocenters. The zero-order chi connectivity index (χ0) is 18.7. The molecule has 7 nitrogen and oxygen atoms in total. The summed E-state index contributed by atoms with van der Waals surface area (Å²) in [6.07, 6.45) is 0.956. The molecule has 3 amide bonds. The molecule has 1 unspecified atom stereocenters. The SMILES string of the molecule is CCC1C(=O)NCCN1C(=O)C1=NN(Cc2ccc(F)cc2)C(=O)CC1. The molecule has 1 saturated heterocycles. The largest absolute Gasteiger partial charge is 0.353 e. The van der Waals surface area contributed by atoms with E-state index in [1.54, 1.807) is 12.1 Å². The first-order valence-corrected chi connectivity index (χ1v) is 8.70. The molecule has 1 N–H and O–H groups in total. The fraction of sp³-hybridized carbons (Fsp3) is 0.444. The monoisotopic (exact) mass is 360 g/mol. The van der Waals surface area contributed by atoms with Crippen LogP contribution >= 0.6 is 0 Å². The van der Waals surface area contributed by atoms with Crippen LogP contribution < -0.4 is 5.32 Å². The van der Waals surface area contributed by atoms with Crippen molar-refractivity contribution in [2.45, 2.75) is 38.8 Å². The molecule has 0 radical (unpaired) electrons. The van der Waals surface area contributed by atoms with Gasteiger partial charge in [-0.25, -0.2) is 9.40 Å². The van der Waals surface area contributed by atoms with Gasteiger partial charge in [0.05, 0.1) is 6.54 Å². The maximum atomic E-state index is 13.0. The topological polar surface area (TPSA) is 82.1 Å². The van der Waals surface area contributed by atoms with E-state index in [0.29, 0.717) is 19.5 Å². The molecule has 0 bridgehead atoms. The minimum atomic E-state index is -0.512. The number of carbonyl (C=O) groups excluding carboxylic acids is 3. The maximum absolute atomic E-state index is 13.0. The molecule has 1 aromatic rings. The second-order valence-electron chi connectivity index (χ2n) is 6.34. The lowest BCUT2D eigenvalue weighted by molar-refractivity contribution is -0.139. The predicted molar refractivity (Wildman–Crippen MR) is 92.4 cm³/mol. The van der Waals surface area contributed by atoms with Gasteiger partial charge in [0.15, 0.2) is 0 Å². The van der Waals surface area contributed by atoms with Gasteiger partial charge in [-0.2, -0.15) is 5.10 Å². The molecule has 3 rings (SSSR count). The molecule has 8 heteroatoms. The van der Waals surface area contributed by atoms with Gasteiger partial charge in [-0.1, -0.05) is 19.1 Å². The molecular formula is C18H21FN4O3. The number of rotatable bonds is 4. The van der Waals surface area contributed by atoms with Crippen molar-refractivity contribution in [2.75, 3.05) is 13.1 Å². The number of hydrogen-bond acceptors (Lipinski definition) is 4. The van der Waals surface area contributed by atoms with Crippen molar-refractivity contribution in [1.82, 2.24) is 15.2 Å². The van der Waals surface area contributed by atoms with Crippen LogP contribution in [0.15, 0.2) is 29.4 Å². The molecular weight excluding hydrogens is 339 g/mol. The number of hydrogen-bond donors (Lipinski definition) is 1. The third kappa shape index (κ3) is 3.74. The Kier molecular flexibility index (Phi) is 5.29. The second-order valence-corrected chi connectivity index (χ2v) is 6.34. The van der Waals surface area contributed by atoms with Crippen molar-refractivity contribution in [1.29, 1.82) is 0 Å². The Bertz CT molecular complexity index is 747. The number of piperazine rings is 1. The van der Waals surface area contributed by atoms with Crippen LogP contribution in [0.1, 0.15) is 31.7 Å². The molecule has 26 heavy (non-hydrogen) atoms. The minimum Gasteiger partial charge on any atom is -0.353 e. The lowest BCUT2D eigenvalue weighted by atomic mass is 10.1. The van der Waals surface area contributed by atoms with Gasteiger partial charge >= 0.3 is 0 Å². The number of carbonyl (C=O) groups is 3.